The van der Waals surface area contributed by atoms with Gasteiger partial charge in [-0.15, -0.1) is 6.58 Å². The van der Waals surface area contributed by atoms with Crippen LogP contribution in [0.5, 0.6) is 0 Å². The van der Waals surface area contributed by atoms with Gasteiger partial charge in [0.1, 0.15) is 6.04 Å². The summed E-state index contributed by atoms with van der Waals surface area (Å²) >= 11 is 0. The maximum Gasteiger partial charge on any atom is 0.238 e. The monoisotopic (exact) mass is 225 g/mol. The van der Waals surface area contributed by atoms with Gasteiger partial charge in [0.25, 0.3) is 0 Å². The van der Waals surface area contributed by atoms with Crippen molar-refractivity contribution < 1.29 is 9.63 Å². The van der Waals surface area contributed by atoms with Crippen LogP contribution in [0.3, 0.4) is 0 Å². The Balaban J connectivity index is 2.55. The molecule has 1 heterocycles. The Morgan fingerprint density at radius 1 is 1.88 bits per heavy atom. The molecule has 1 rings (SSSR count). The lowest BCUT2D eigenvalue weighted by atomic mass is 9.97. The van der Waals surface area contributed by atoms with E-state index in [1.807, 2.05) is 13.0 Å². The maximum atomic E-state index is 11.1. The lowest BCUT2D eigenvalue weighted by Gasteiger charge is -2.28. The average Bonchev–Trinajstić information content (AvgIpc) is 2.29. The standard InChI is InChI=1S/C11H19N3O2/c1-3-5-16-14-9-6-8(4-2)10(11(12)15)13-7-9/h3,6,9-10,13-14H,1,4-5,7H2,2H3,(H2,12,15)/t9-,10+/m1/s1. The number of nitrogens with two attached hydrogens (primary N) is 1. The van der Waals surface area contributed by atoms with Gasteiger partial charge in [-0.25, -0.2) is 0 Å². The first-order valence-electron chi connectivity index (χ1n) is 5.40. The van der Waals surface area contributed by atoms with Gasteiger partial charge in [0.15, 0.2) is 0 Å². The highest BCUT2D eigenvalue weighted by atomic mass is 16.6. The fraction of sp³-hybridized carbons (Fsp3) is 0.545. The smallest absolute Gasteiger partial charge is 0.238 e. The molecule has 0 fully saturated rings. The van der Waals surface area contributed by atoms with Crippen LogP contribution in [-0.2, 0) is 9.63 Å². The van der Waals surface area contributed by atoms with E-state index < -0.39 is 0 Å². The highest BCUT2D eigenvalue weighted by molar-refractivity contribution is 5.83. The minimum Gasteiger partial charge on any atom is -0.368 e. The molecule has 5 heteroatoms. The second kappa shape index (κ2) is 6.42. The van der Waals surface area contributed by atoms with Crippen molar-refractivity contribution in [1.29, 1.82) is 0 Å². The lowest BCUT2D eigenvalue weighted by molar-refractivity contribution is -0.119. The quantitative estimate of drug-likeness (QED) is 0.334. The molecule has 0 unspecified atom stereocenters. The molecule has 0 aromatic carbocycles. The Bertz CT molecular complexity index is 289. The largest absolute Gasteiger partial charge is 0.368 e. The van der Waals surface area contributed by atoms with Crippen LogP contribution in [0.15, 0.2) is 24.3 Å². The Morgan fingerprint density at radius 2 is 2.62 bits per heavy atom. The molecule has 0 saturated carbocycles. The van der Waals surface area contributed by atoms with Gasteiger partial charge >= 0.3 is 0 Å². The summed E-state index contributed by atoms with van der Waals surface area (Å²) in [5, 5.41) is 3.09. The molecule has 2 atom stereocenters. The molecule has 90 valence electrons. The third-order valence-corrected chi connectivity index (χ3v) is 2.46. The van der Waals surface area contributed by atoms with E-state index in [-0.39, 0.29) is 18.0 Å². The number of carbonyl (C=O) groups excluding carboxylic acids is 1. The van der Waals surface area contributed by atoms with Crippen LogP contribution >= 0.6 is 0 Å². The summed E-state index contributed by atoms with van der Waals surface area (Å²) in [6.07, 6.45) is 4.45. The van der Waals surface area contributed by atoms with E-state index in [4.69, 9.17) is 10.6 Å². The van der Waals surface area contributed by atoms with Crippen molar-refractivity contribution in [1.82, 2.24) is 10.8 Å². The third kappa shape index (κ3) is 3.44. The zero-order valence-electron chi connectivity index (χ0n) is 9.53. The van der Waals surface area contributed by atoms with Gasteiger partial charge in [0.2, 0.25) is 5.91 Å². The summed E-state index contributed by atoms with van der Waals surface area (Å²) in [7, 11) is 0. The number of rotatable bonds is 6. The normalized spacial score (nSPS) is 24.9. The number of hydroxylamine groups is 1. The molecule has 16 heavy (non-hydrogen) atoms. The van der Waals surface area contributed by atoms with Crippen LogP contribution in [0, 0.1) is 0 Å². The second-order valence-electron chi connectivity index (χ2n) is 3.66. The lowest BCUT2D eigenvalue weighted by Crippen LogP contribution is -2.51. The molecule has 1 amide bonds. The number of amides is 1. The fourth-order valence-corrected chi connectivity index (χ4v) is 1.68. The minimum absolute atomic E-state index is 0.0606. The third-order valence-electron chi connectivity index (χ3n) is 2.46. The first-order valence-corrected chi connectivity index (χ1v) is 5.40. The Labute approximate surface area is 95.7 Å². The van der Waals surface area contributed by atoms with E-state index in [1.54, 1.807) is 6.08 Å². The van der Waals surface area contributed by atoms with Gasteiger partial charge in [-0.3, -0.25) is 9.63 Å². The van der Waals surface area contributed by atoms with Gasteiger partial charge in [0, 0.05) is 6.54 Å². The van der Waals surface area contributed by atoms with E-state index in [2.05, 4.69) is 17.4 Å². The van der Waals surface area contributed by atoms with Gasteiger partial charge in [0.05, 0.1) is 12.6 Å². The van der Waals surface area contributed by atoms with Crippen molar-refractivity contribution in [2.75, 3.05) is 13.2 Å². The molecule has 0 aromatic heterocycles. The summed E-state index contributed by atoms with van der Waals surface area (Å²) < 4.78 is 0. The molecule has 0 spiro atoms. The predicted octanol–water partition coefficient (Wildman–Crippen LogP) is -0.144. The van der Waals surface area contributed by atoms with Crippen molar-refractivity contribution >= 4 is 5.91 Å². The van der Waals surface area contributed by atoms with Crippen molar-refractivity contribution in [2.45, 2.75) is 25.4 Å². The van der Waals surface area contributed by atoms with Crippen LogP contribution in [0.25, 0.3) is 0 Å². The molecule has 0 radical (unpaired) electrons. The topological polar surface area (TPSA) is 76.4 Å². The Hall–Kier alpha value is -1.17. The SMILES string of the molecule is C=CCON[C@@H]1C=C(CC)[C@@H](C(N)=O)NC1. The van der Waals surface area contributed by atoms with Crippen molar-refractivity contribution in [2.24, 2.45) is 5.73 Å². The summed E-state index contributed by atoms with van der Waals surface area (Å²) in [6, 6.07) is -0.284. The highest BCUT2D eigenvalue weighted by Crippen LogP contribution is 2.12. The van der Waals surface area contributed by atoms with Crippen molar-refractivity contribution in [3.8, 4) is 0 Å². The van der Waals surface area contributed by atoms with Gasteiger partial charge < -0.3 is 11.1 Å². The number of carbonyl (C=O) groups is 1. The molecule has 1 aliphatic rings. The summed E-state index contributed by atoms with van der Waals surface area (Å²) in [5.74, 6) is -0.335. The maximum absolute atomic E-state index is 11.1. The summed E-state index contributed by atoms with van der Waals surface area (Å²) in [6.45, 7) is 6.62. The molecule has 0 saturated heterocycles. The minimum atomic E-state index is -0.345. The molecule has 0 aliphatic carbocycles. The number of hydrogen-bond donors (Lipinski definition) is 3. The van der Waals surface area contributed by atoms with Crippen LogP contribution in [0.2, 0.25) is 0 Å². The second-order valence-corrected chi connectivity index (χ2v) is 3.66. The Morgan fingerprint density at radius 3 is 3.19 bits per heavy atom. The average molecular weight is 225 g/mol. The van der Waals surface area contributed by atoms with Crippen LogP contribution in [0.1, 0.15) is 13.3 Å². The number of nitrogens with one attached hydrogen (secondary N) is 2. The number of hydrogen-bond acceptors (Lipinski definition) is 4. The van der Waals surface area contributed by atoms with Gasteiger partial charge in [-0.1, -0.05) is 19.1 Å². The van der Waals surface area contributed by atoms with Crippen LogP contribution in [-0.4, -0.2) is 31.1 Å². The number of primary amides is 1. The van der Waals surface area contributed by atoms with E-state index in [0.29, 0.717) is 13.2 Å². The predicted molar refractivity (Wildman–Crippen MR) is 62.4 cm³/mol. The summed E-state index contributed by atoms with van der Waals surface area (Å²) in [5.41, 5.74) is 9.18. The molecule has 4 N–H and O–H groups in total. The molecular formula is C11H19N3O2. The van der Waals surface area contributed by atoms with E-state index >= 15 is 0 Å². The van der Waals surface area contributed by atoms with Crippen molar-refractivity contribution in [3.63, 3.8) is 0 Å². The molecule has 0 bridgehead atoms. The molecule has 5 nitrogen and oxygen atoms in total. The molecular weight excluding hydrogens is 206 g/mol. The van der Waals surface area contributed by atoms with E-state index in [0.717, 1.165) is 12.0 Å². The van der Waals surface area contributed by atoms with E-state index in [9.17, 15) is 4.79 Å². The zero-order valence-corrected chi connectivity index (χ0v) is 9.53. The van der Waals surface area contributed by atoms with Crippen molar-refractivity contribution in [3.05, 3.63) is 24.3 Å². The molecule has 1 aliphatic heterocycles. The first-order chi connectivity index (χ1) is 7.69. The summed E-state index contributed by atoms with van der Waals surface area (Å²) in [4.78, 5) is 16.3. The van der Waals surface area contributed by atoms with Gasteiger partial charge in [-0.05, 0) is 12.0 Å². The Kier molecular flexibility index (Phi) is 5.18. The fourth-order valence-electron chi connectivity index (χ4n) is 1.68. The highest BCUT2D eigenvalue weighted by Gasteiger charge is 2.25. The van der Waals surface area contributed by atoms with E-state index in [1.165, 1.54) is 0 Å². The molecule has 0 aromatic rings. The van der Waals surface area contributed by atoms with Crippen LogP contribution < -0.4 is 16.5 Å². The van der Waals surface area contributed by atoms with Crippen LogP contribution in [0.4, 0.5) is 0 Å². The first kappa shape index (κ1) is 12.9. The zero-order chi connectivity index (χ0) is 12.0. The van der Waals surface area contributed by atoms with Gasteiger partial charge in [-0.2, -0.15) is 5.48 Å².